The lowest BCUT2D eigenvalue weighted by Gasteiger charge is -2.10. The van der Waals surface area contributed by atoms with Crippen molar-refractivity contribution in [1.82, 2.24) is 10.3 Å². The molecule has 0 unspecified atom stereocenters. The number of hydrogen-bond acceptors (Lipinski definition) is 3. The minimum Gasteiger partial charge on any atom is -0.348 e. The van der Waals surface area contributed by atoms with Crippen LogP contribution in [0.1, 0.15) is 47.8 Å². The maximum absolute atomic E-state index is 12.2. The first-order valence-corrected chi connectivity index (χ1v) is 9.81. The van der Waals surface area contributed by atoms with Gasteiger partial charge >= 0.3 is 0 Å². The van der Waals surface area contributed by atoms with E-state index in [-0.39, 0.29) is 5.91 Å². The largest absolute Gasteiger partial charge is 0.348 e. The fourth-order valence-electron chi connectivity index (χ4n) is 2.39. The summed E-state index contributed by atoms with van der Waals surface area (Å²) < 4.78 is 0. The standard InChI is InChI=1S/C19H23ClN2OS/c1-3-4-5-6-17-12-9-15(19(22-17)24-2)13-21-18(23)14-7-10-16(20)11-8-14/h7-12H,3-6,13H2,1-2H3,(H,21,23). The minimum atomic E-state index is -0.106. The van der Waals surface area contributed by atoms with Gasteiger partial charge in [0, 0.05) is 28.4 Å². The maximum atomic E-state index is 12.2. The molecule has 2 rings (SSSR count). The number of carbonyl (C=O) groups excluding carboxylic acids is 1. The van der Waals surface area contributed by atoms with E-state index in [9.17, 15) is 4.79 Å². The number of benzene rings is 1. The van der Waals surface area contributed by atoms with Crippen LogP contribution in [-0.2, 0) is 13.0 Å². The van der Waals surface area contributed by atoms with Crippen molar-refractivity contribution in [2.75, 3.05) is 6.26 Å². The van der Waals surface area contributed by atoms with Crippen LogP contribution in [0, 0.1) is 0 Å². The number of unbranched alkanes of at least 4 members (excludes halogenated alkanes) is 2. The van der Waals surface area contributed by atoms with E-state index >= 15 is 0 Å². The van der Waals surface area contributed by atoms with E-state index in [2.05, 4.69) is 24.4 Å². The Labute approximate surface area is 153 Å². The van der Waals surface area contributed by atoms with Gasteiger partial charge in [0.05, 0.1) is 0 Å². The molecular weight excluding hydrogens is 340 g/mol. The molecule has 0 aliphatic carbocycles. The third kappa shape index (κ3) is 5.53. The minimum absolute atomic E-state index is 0.106. The summed E-state index contributed by atoms with van der Waals surface area (Å²) in [5.74, 6) is -0.106. The topological polar surface area (TPSA) is 42.0 Å². The Morgan fingerprint density at radius 2 is 1.92 bits per heavy atom. The van der Waals surface area contributed by atoms with Gasteiger partial charge in [-0.15, -0.1) is 11.8 Å². The highest BCUT2D eigenvalue weighted by Gasteiger charge is 2.09. The van der Waals surface area contributed by atoms with Crippen molar-refractivity contribution in [3.63, 3.8) is 0 Å². The molecule has 0 aliphatic heterocycles. The zero-order chi connectivity index (χ0) is 17.4. The highest BCUT2D eigenvalue weighted by Crippen LogP contribution is 2.19. The molecule has 0 saturated heterocycles. The summed E-state index contributed by atoms with van der Waals surface area (Å²) in [7, 11) is 0. The molecule has 128 valence electrons. The summed E-state index contributed by atoms with van der Waals surface area (Å²) in [5, 5.41) is 4.56. The average Bonchev–Trinajstić information content (AvgIpc) is 2.61. The fourth-order valence-corrected chi connectivity index (χ4v) is 3.13. The van der Waals surface area contributed by atoms with E-state index in [1.165, 1.54) is 19.3 Å². The third-order valence-electron chi connectivity index (χ3n) is 3.77. The number of carbonyl (C=O) groups is 1. The number of pyridine rings is 1. The Kier molecular flexibility index (Phi) is 7.60. The second-order valence-electron chi connectivity index (χ2n) is 5.62. The van der Waals surface area contributed by atoms with Crippen LogP contribution in [0.3, 0.4) is 0 Å². The van der Waals surface area contributed by atoms with Crippen LogP contribution >= 0.6 is 23.4 Å². The number of nitrogens with one attached hydrogen (secondary N) is 1. The van der Waals surface area contributed by atoms with Gasteiger partial charge in [0.15, 0.2) is 0 Å². The zero-order valence-corrected chi connectivity index (χ0v) is 15.7. The van der Waals surface area contributed by atoms with E-state index in [4.69, 9.17) is 16.6 Å². The fraction of sp³-hybridized carbons (Fsp3) is 0.368. The summed E-state index contributed by atoms with van der Waals surface area (Å²) in [5.41, 5.74) is 2.78. The average molecular weight is 363 g/mol. The van der Waals surface area contributed by atoms with Gasteiger partial charge in [0.25, 0.3) is 5.91 Å². The Balaban J connectivity index is 1.98. The molecule has 0 atom stereocenters. The van der Waals surface area contributed by atoms with Crippen molar-refractivity contribution in [1.29, 1.82) is 0 Å². The highest BCUT2D eigenvalue weighted by molar-refractivity contribution is 7.98. The summed E-state index contributed by atoms with van der Waals surface area (Å²) in [6.45, 7) is 2.67. The van der Waals surface area contributed by atoms with Gasteiger partial charge in [-0.05, 0) is 49.4 Å². The predicted molar refractivity (Wildman–Crippen MR) is 102 cm³/mol. The van der Waals surface area contributed by atoms with Gasteiger partial charge < -0.3 is 5.32 Å². The monoisotopic (exact) mass is 362 g/mol. The van der Waals surface area contributed by atoms with Crippen molar-refractivity contribution in [2.24, 2.45) is 0 Å². The van der Waals surface area contributed by atoms with Crippen LogP contribution in [0.2, 0.25) is 5.02 Å². The Bertz CT molecular complexity index is 674. The number of aromatic nitrogens is 1. The van der Waals surface area contributed by atoms with Gasteiger partial charge in [-0.25, -0.2) is 4.98 Å². The van der Waals surface area contributed by atoms with Crippen LogP contribution in [0.15, 0.2) is 41.4 Å². The number of rotatable bonds is 8. The van der Waals surface area contributed by atoms with E-state index in [1.54, 1.807) is 36.0 Å². The molecular formula is C19H23ClN2OS. The van der Waals surface area contributed by atoms with Crippen LogP contribution in [0.5, 0.6) is 0 Å². The number of amides is 1. The van der Waals surface area contributed by atoms with Crippen molar-refractivity contribution < 1.29 is 4.79 Å². The second-order valence-corrected chi connectivity index (χ2v) is 6.85. The summed E-state index contributed by atoms with van der Waals surface area (Å²) in [6.07, 6.45) is 6.64. The molecule has 0 bridgehead atoms. The first-order valence-electron chi connectivity index (χ1n) is 8.20. The number of halogens is 1. The van der Waals surface area contributed by atoms with Crippen molar-refractivity contribution >= 4 is 29.3 Å². The zero-order valence-electron chi connectivity index (χ0n) is 14.1. The predicted octanol–water partition coefficient (Wildman–Crippen LogP) is 5.12. The lowest BCUT2D eigenvalue weighted by molar-refractivity contribution is 0.0950. The quantitative estimate of drug-likeness (QED) is 0.523. The van der Waals surface area contributed by atoms with E-state index < -0.39 is 0 Å². The van der Waals surface area contributed by atoms with E-state index in [0.29, 0.717) is 17.1 Å². The molecule has 0 radical (unpaired) electrons. The number of hydrogen-bond donors (Lipinski definition) is 1. The number of aryl methyl sites for hydroxylation is 1. The summed E-state index contributed by atoms with van der Waals surface area (Å²) in [6, 6.07) is 11.0. The van der Waals surface area contributed by atoms with Crippen molar-refractivity contribution in [2.45, 2.75) is 44.2 Å². The Morgan fingerprint density at radius 3 is 2.58 bits per heavy atom. The molecule has 3 nitrogen and oxygen atoms in total. The first-order chi connectivity index (χ1) is 11.6. The molecule has 1 N–H and O–H groups in total. The number of thioether (sulfide) groups is 1. The third-order valence-corrected chi connectivity index (χ3v) is 4.76. The van der Waals surface area contributed by atoms with Gasteiger partial charge in [0.1, 0.15) is 5.03 Å². The second kappa shape index (κ2) is 9.70. The summed E-state index contributed by atoms with van der Waals surface area (Å²) >= 11 is 7.46. The maximum Gasteiger partial charge on any atom is 0.251 e. The molecule has 24 heavy (non-hydrogen) atoms. The summed E-state index contributed by atoms with van der Waals surface area (Å²) in [4.78, 5) is 16.9. The highest BCUT2D eigenvalue weighted by atomic mass is 35.5. The molecule has 0 fully saturated rings. The van der Waals surface area contributed by atoms with Gasteiger partial charge in [-0.1, -0.05) is 37.4 Å². The lowest BCUT2D eigenvalue weighted by atomic mass is 10.1. The molecule has 1 aromatic carbocycles. The van der Waals surface area contributed by atoms with Crippen LogP contribution < -0.4 is 5.32 Å². The molecule has 1 amide bonds. The smallest absolute Gasteiger partial charge is 0.251 e. The van der Waals surface area contributed by atoms with Gasteiger partial charge in [0.2, 0.25) is 0 Å². The van der Waals surface area contributed by atoms with E-state index in [0.717, 1.165) is 22.7 Å². The lowest BCUT2D eigenvalue weighted by Crippen LogP contribution is -2.23. The van der Waals surface area contributed by atoms with E-state index in [1.807, 2.05) is 6.26 Å². The molecule has 0 saturated carbocycles. The molecule has 1 aromatic heterocycles. The normalized spacial score (nSPS) is 10.6. The van der Waals surface area contributed by atoms with Crippen LogP contribution in [0.4, 0.5) is 0 Å². The Morgan fingerprint density at radius 1 is 1.17 bits per heavy atom. The molecule has 5 heteroatoms. The molecule has 0 spiro atoms. The SMILES string of the molecule is CCCCCc1ccc(CNC(=O)c2ccc(Cl)cc2)c(SC)n1. The number of nitrogens with zero attached hydrogens (tertiary/aromatic N) is 1. The molecule has 1 heterocycles. The van der Waals surface area contributed by atoms with Gasteiger partial charge in [-0.3, -0.25) is 4.79 Å². The van der Waals surface area contributed by atoms with Gasteiger partial charge in [-0.2, -0.15) is 0 Å². The van der Waals surface area contributed by atoms with Crippen molar-refractivity contribution in [3.8, 4) is 0 Å². The van der Waals surface area contributed by atoms with Crippen LogP contribution in [0.25, 0.3) is 0 Å². The first kappa shape index (κ1) is 18.8. The Hall–Kier alpha value is -1.52. The van der Waals surface area contributed by atoms with Crippen molar-refractivity contribution in [3.05, 3.63) is 58.2 Å². The van der Waals surface area contributed by atoms with Crippen LogP contribution in [-0.4, -0.2) is 17.1 Å². The molecule has 0 aliphatic rings. The molecule has 2 aromatic rings.